The van der Waals surface area contributed by atoms with Crippen LogP contribution in [0.25, 0.3) is 0 Å². The molecule has 0 amide bonds. The zero-order valence-corrected chi connectivity index (χ0v) is 7.44. The van der Waals surface area contributed by atoms with Gasteiger partial charge in [-0.3, -0.25) is 0 Å². The second-order valence-electron chi connectivity index (χ2n) is 2.52. The van der Waals surface area contributed by atoms with Gasteiger partial charge < -0.3 is 5.11 Å². The Labute approximate surface area is 71.6 Å². The maximum atomic E-state index is 9.30. The fourth-order valence-corrected chi connectivity index (χ4v) is 1.48. The fourth-order valence-electron chi connectivity index (χ4n) is 1.15. The molecule has 1 nitrogen and oxygen atoms in total. The van der Waals surface area contributed by atoms with E-state index in [0.29, 0.717) is 5.75 Å². The topological polar surface area (TPSA) is 20.2 Å². The molecule has 0 atom stereocenters. The Morgan fingerprint density at radius 1 is 1.45 bits per heavy atom. The first-order valence-electron chi connectivity index (χ1n) is 3.63. The molecular formula is C9H11ClO. The quantitative estimate of drug-likeness (QED) is 0.687. The predicted octanol–water partition coefficient (Wildman–Crippen LogP) is 2.92. The van der Waals surface area contributed by atoms with Crippen LogP contribution in [0.2, 0.25) is 5.02 Å². The molecule has 0 aliphatic carbocycles. The van der Waals surface area contributed by atoms with Gasteiger partial charge in [0.15, 0.2) is 0 Å². The molecule has 0 radical (unpaired) electrons. The molecule has 11 heavy (non-hydrogen) atoms. The first kappa shape index (κ1) is 8.41. The molecule has 0 heterocycles. The molecule has 0 spiro atoms. The third kappa shape index (κ3) is 1.48. The van der Waals surface area contributed by atoms with Crippen molar-refractivity contribution in [3.8, 4) is 5.75 Å². The van der Waals surface area contributed by atoms with Crippen molar-refractivity contribution in [1.29, 1.82) is 0 Å². The summed E-state index contributed by atoms with van der Waals surface area (Å²) in [6.07, 6.45) is 0.860. The molecule has 0 aliphatic rings. The summed E-state index contributed by atoms with van der Waals surface area (Å²) in [5.41, 5.74) is 1.92. The minimum absolute atomic E-state index is 0.325. The van der Waals surface area contributed by atoms with E-state index in [2.05, 4.69) is 0 Å². The lowest BCUT2D eigenvalue weighted by molar-refractivity contribution is 0.470. The molecule has 0 aliphatic heterocycles. The van der Waals surface area contributed by atoms with Crippen molar-refractivity contribution in [2.24, 2.45) is 0 Å². The van der Waals surface area contributed by atoms with E-state index in [9.17, 15) is 5.11 Å². The van der Waals surface area contributed by atoms with Gasteiger partial charge in [0.05, 0.1) is 0 Å². The third-order valence-corrected chi connectivity index (χ3v) is 2.22. The molecule has 0 unspecified atom stereocenters. The Morgan fingerprint density at radius 2 is 2.09 bits per heavy atom. The van der Waals surface area contributed by atoms with Crippen molar-refractivity contribution in [3.05, 3.63) is 28.3 Å². The highest BCUT2D eigenvalue weighted by molar-refractivity contribution is 6.31. The Kier molecular flexibility index (Phi) is 2.40. The summed E-state index contributed by atoms with van der Waals surface area (Å²) in [4.78, 5) is 0. The Morgan fingerprint density at radius 3 is 2.55 bits per heavy atom. The van der Waals surface area contributed by atoms with Crippen LogP contribution < -0.4 is 0 Å². The molecule has 60 valence electrons. The van der Waals surface area contributed by atoms with Crippen LogP contribution in [-0.2, 0) is 6.42 Å². The van der Waals surface area contributed by atoms with Crippen LogP contribution in [0.15, 0.2) is 12.1 Å². The summed E-state index contributed by atoms with van der Waals surface area (Å²) in [6.45, 7) is 3.90. The van der Waals surface area contributed by atoms with Gasteiger partial charge in [-0.2, -0.15) is 0 Å². The lowest BCUT2D eigenvalue weighted by atomic mass is 10.1. The van der Waals surface area contributed by atoms with Crippen LogP contribution in [0.3, 0.4) is 0 Å². The summed E-state index contributed by atoms with van der Waals surface area (Å²) in [5.74, 6) is 0.325. The van der Waals surface area contributed by atoms with Gasteiger partial charge in [-0.05, 0) is 36.6 Å². The number of benzene rings is 1. The maximum absolute atomic E-state index is 9.30. The van der Waals surface area contributed by atoms with Crippen molar-refractivity contribution >= 4 is 11.6 Å². The summed E-state index contributed by atoms with van der Waals surface area (Å²) in [5, 5.41) is 10.0. The number of rotatable bonds is 1. The minimum Gasteiger partial charge on any atom is -0.508 e. The highest BCUT2D eigenvalue weighted by atomic mass is 35.5. The van der Waals surface area contributed by atoms with Crippen LogP contribution in [0.1, 0.15) is 18.1 Å². The monoisotopic (exact) mass is 170 g/mol. The Balaban J connectivity index is 3.29. The van der Waals surface area contributed by atoms with E-state index in [0.717, 1.165) is 22.6 Å². The molecule has 1 N–H and O–H groups in total. The van der Waals surface area contributed by atoms with E-state index in [1.54, 1.807) is 12.1 Å². The van der Waals surface area contributed by atoms with Crippen molar-refractivity contribution in [1.82, 2.24) is 0 Å². The zero-order chi connectivity index (χ0) is 8.43. The van der Waals surface area contributed by atoms with Gasteiger partial charge in [0.1, 0.15) is 5.75 Å². The second-order valence-corrected chi connectivity index (χ2v) is 2.93. The van der Waals surface area contributed by atoms with Gasteiger partial charge in [0, 0.05) is 5.02 Å². The SMILES string of the molecule is CCc1c(Cl)ccc(O)c1C. The molecule has 0 saturated carbocycles. The highest BCUT2D eigenvalue weighted by Gasteiger charge is 2.04. The molecule has 0 saturated heterocycles. The van der Waals surface area contributed by atoms with E-state index < -0.39 is 0 Å². The number of aromatic hydroxyl groups is 1. The van der Waals surface area contributed by atoms with Crippen LogP contribution in [0.4, 0.5) is 0 Å². The van der Waals surface area contributed by atoms with E-state index in [4.69, 9.17) is 11.6 Å². The maximum Gasteiger partial charge on any atom is 0.118 e. The van der Waals surface area contributed by atoms with Crippen molar-refractivity contribution in [3.63, 3.8) is 0 Å². The van der Waals surface area contributed by atoms with Crippen molar-refractivity contribution in [2.45, 2.75) is 20.3 Å². The summed E-state index contributed by atoms with van der Waals surface area (Å²) in [7, 11) is 0. The normalized spacial score (nSPS) is 10.1. The molecule has 1 aromatic rings. The Bertz CT molecular complexity index is 269. The number of phenolic OH excluding ortho intramolecular Hbond substituents is 1. The van der Waals surface area contributed by atoms with Crippen LogP contribution in [0.5, 0.6) is 5.75 Å². The van der Waals surface area contributed by atoms with E-state index in [1.165, 1.54) is 0 Å². The van der Waals surface area contributed by atoms with Gasteiger partial charge in [0.2, 0.25) is 0 Å². The lowest BCUT2D eigenvalue weighted by Crippen LogP contribution is -1.87. The zero-order valence-electron chi connectivity index (χ0n) is 6.69. The van der Waals surface area contributed by atoms with E-state index in [1.807, 2.05) is 13.8 Å². The summed E-state index contributed by atoms with van der Waals surface area (Å²) < 4.78 is 0. The van der Waals surface area contributed by atoms with Crippen LogP contribution >= 0.6 is 11.6 Å². The first-order valence-corrected chi connectivity index (χ1v) is 4.01. The Hall–Kier alpha value is -0.690. The summed E-state index contributed by atoms with van der Waals surface area (Å²) in [6, 6.07) is 3.35. The standard InChI is InChI=1S/C9H11ClO/c1-3-7-6(2)9(11)5-4-8(7)10/h4-5,11H,3H2,1-2H3. The van der Waals surface area contributed by atoms with Gasteiger partial charge in [0.25, 0.3) is 0 Å². The highest BCUT2D eigenvalue weighted by Crippen LogP contribution is 2.26. The number of hydrogen-bond acceptors (Lipinski definition) is 1. The predicted molar refractivity (Wildman–Crippen MR) is 47.2 cm³/mol. The van der Waals surface area contributed by atoms with Crippen LogP contribution in [0, 0.1) is 6.92 Å². The smallest absolute Gasteiger partial charge is 0.118 e. The van der Waals surface area contributed by atoms with Crippen LogP contribution in [-0.4, -0.2) is 5.11 Å². The first-order chi connectivity index (χ1) is 5.16. The molecule has 0 bridgehead atoms. The number of halogens is 1. The minimum atomic E-state index is 0.325. The molecule has 2 heteroatoms. The lowest BCUT2D eigenvalue weighted by Gasteiger charge is -2.06. The fraction of sp³-hybridized carbons (Fsp3) is 0.333. The van der Waals surface area contributed by atoms with Gasteiger partial charge in [-0.15, -0.1) is 0 Å². The third-order valence-electron chi connectivity index (χ3n) is 1.87. The number of phenols is 1. The molecule has 0 aromatic heterocycles. The molecule has 1 rings (SSSR count). The van der Waals surface area contributed by atoms with E-state index in [-0.39, 0.29) is 0 Å². The van der Waals surface area contributed by atoms with Gasteiger partial charge >= 0.3 is 0 Å². The second kappa shape index (κ2) is 3.14. The van der Waals surface area contributed by atoms with Crippen molar-refractivity contribution < 1.29 is 5.11 Å². The largest absolute Gasteiger partial charge is 0.508 e. The van der Waals surface area contributed by atoms with Gasteiger partial charge in [-0.25, -0.2) is 0 Å². The van der Waals surface area contributed by atoms with E-state index >= 15 is 0 Å². The average Bonchev–Trinajstić information content (AvgIpc) is 1.99. The number of hydrogen-bond donors (Lipinski definition) is 1. The molecule has 1 aromatic carbocycles. The average molecular weight is 171 g/mol. The molecule has 0 fully saturated rings. The summed E-state index contributed by atoms with van der Waals surface area (Å²) >= 11 is 5.89. The van der Waals surface area contributed by atoms with Gasteiger partial charge in [-0.1, -0.05) is 18.5 Å². The molecular weight excluding hydrogens is 160 g/mol. The van der Waals surface area contributed by atoms with Crippen molar-refractivity contribution in [2.75, 3.05) is 0 Å².